The van der Waals surface area contributed by atoms with Gasteiger partial charge < -0.3 is 4.42 Å². The van der Waals surface area contributed by atoms with Gasteiger partial charge in [-0.25, -0.2) is 10.4 Å². The lowest BCUT2D eigenvalue weighted by atomic mass is 10.1. The molecule has 0 fully saturated rings. The Morgan fingerprint density at radius 2 is 1.94 bits per heavy atom. The van der Waals surface area contributed by atoms with Gasteiger partial charge in [-0.05, 0) is 24.3 Å². The van der Waals surface area contributed by atoms with Gasteiger partial charge in [0.1, 0.15) is 11.8 Å². The zero-order chi connectivity index (χ0) is 12.4. The van der Waals surface area contributed by atoms with Crippen molar-refractivity contribution in [1.82, 2.24) is 15.4 Å². The summed E-state index contributed by atoms with van der Waals surface area (Å²) in [6.45, 7) is 0. The van der Waals surface area contributed by atoms with E-state index >= 15 is 0 Å². The molecule has 0 saturated heterocycles. The largest absolute Gasteiger partial charge is 0.467 e. The van der Waals surface area contributed by atoms with Crippen LogP contribution in [-0.4, -0.2) is 9.97 Å². The summed E-state index contributed by atoms with van der Waals surface area (Å²) < 4.78 is 5.34. The lowest BCUT2D eigenvalue weighted by Crippen LogP contribution is -2.29. The fraction of sp³-hybridized carbons (Fsp3) is 0.0769. The average Bonchev–Trinajstić information content (AvgIpc) is 2.93. The second kappa shape index (κ2) is 4.56. The summed E-state index contributed by atoms with van der Waals surface area (Å²) in [5, 5.41) is 0. The maximum absolute atomic E-state index is 5.56. The third-order valence-electron chi connectivity index (χ3n) is 2.76. The number of nitrogens with one attached hydrogen (secondary N) is 1. The van der Waals surface area contributed by atoms with Crippen molar-refractivity contribution in [3.63, 3.8) is 0 Å². The molecule has 0 spiro atoms. The van der Waals surface area contributed by atoms with Gasteiger partial charge in [-0.3, -0.25) is 10.8 Å². The lowest BCUT2D eigenvalue weighted by Gasteiger charge is -2.12. The van der Waals surface area contributed by atoms with Crippen molar-refractivity contribution < 1.29 is 4.42 Å². The molecule has 3 aromatic rings. The Bertz CT molecular complexity index is 651. The van der Waals surface area contributed by atoms with Gasteiger partial charge in [-0.15, -0.1) is 0 Å². The van der Waals surface area contributed by atoms with E-state index in [0.29, 0.717) is 5.76 Å². The van der Waals surface area contributed by atoms with Gasteiger partial charge in [-0.2, -0.15) is 0 Å². The fourth-order valence-electron chi connectivity index (χ4n) is 1.88. The first-order valence-corrected chi connectivity index (χ1v) is 5.59. The molecule has 0 amide bonds. The number of fused-ring (bicyclic) bond motifs is 1. The zero-order valence-electron chi connectivity index (χ0n) is 9.58. The highest BCUT2D eigenvalue weighted by atomic mass is 16.3. The number of hydrogen-bond acceptors (Lipinski definition) is 5. The summed E-state index contributed by atoms with van der Waals surface area (Å²) >= 11 is 0. The second-order valence-corrected chi connectivity index (χ2v) is 3.90. The molecule has 0 aliphatic heterocycles. The van der Waals surface area contributed by atoms with Gasteiger partial charge in [0, 0.05) is 0 Å². The number of nitrogens with two attached hydrogens (primary N) is 1. The molecular weight excluding hydrogens is 228 g/mol. The van der Waals surface area contributed by atoms with E-state index in [1.165, 1.54) is 0 Å². The number of hydrogen-bond donors (Lipinski definition) is 2. The molecule has 1 aromatic carbocycles. The molecule has 0 saturated carbocycles. The van der Waals surface area contributed by atoms with Crippen LogP contribution in [0.25, 0.3) is 11.0 Å². The third-order valence-corrected chi connectivity index (χ3v) is 2.76. The molecule has 2 aromatic heterocycles. The molecule has 0 radical (unpaired) electrons. The quantitative estimate of drug-likeness (QED) is 0.539. The van der Waals surface area contributed by atoms with Crippen molar-refractivity contribution in [3.05, 3.63) is 60.3 Å². The minimum Gasteiger partial charge on any atom is -0.467 e. The van der Waals surface area contributed by atoms with E-state index in [0.717, 1.165) is 16.7 Å². The zero-order valence-corrected chi connectivity index (χ0v) is 9.58. The molecular formula is C13H12N4O. The molecule has 18 heavy (non-hydrogen) atoms. The Morgan fingerprint density at radius 1 is 1.11 bits per heavy atom. The van der Waals surface area contributed by atoms with Crippen molar-refractivity contribution in [2.24, 2.45) is 5.84 Å². The van der Waals surface area contributed by atoms with E-state index in [1.54, 1.807) is 12.5 Å². The van der Waals surface area contributed by atoms with Crippen LogP contribution in [0.2, 0.25) is 0 Å². The smallest absolute Gasteiger partial charge is 0.128 e. The summed E-state index contributed by atoms with van der Waals surface area (Å²) in [5.41, 5.74) is 5.11. The number of aromatic nitrogens is 2. The molecule has 5 heteroatoms. The van der Waals surface area contributed by atoms with E-state index in [4.69, 9.17) is 10.3 Å². The normalized spacial score (nSPS) is 12.7. The maximum atomic E-state index is 5.56. The third kappa shape index (κ3) is 1.85. The predicted octanol–water partition coefficient (Wildman–Crippen LogP) is 1.78. The molecule has 3 N–H and O–H groups in total. The molecule has 90 valence electrons. The Kier molecular flexibility index (Phi) is 2.76. The summed E-state index contributed by atoms with van der Waals surface area (Å²) in [6.07, 6.45) is 3.31. The maximum Gasteiger partial charge on any atom is 0.128 e. The van der Waals surface area contributed by atoms with Gasteiger partial charge in [0.05, 0.1) is 29.2 Å². The van der Waals surface area contributed by atoms with Crippen LogP contribution < -0.4 is 11.3 Å². The Balaban J connectivity index is 2.07. The summed E-state index contributed by atoms with van der Waals surface area (Å²) in [7, 11) is 0. The van der Waals surface area contributed by atoms with Crippen molar-refractivity contribution in [2.45, 2.75) is 6.04 Å². The van der Waals surface area contributed by atoms with E-state index in [2.05, 4.69) is 15.4 Å². The van der Waals surface area contributed by atoms with Crippen LogP contribution in [0.3, 0.4) is 0 Å². The van der Waals surface area contributed by atoms with Gasteiger partial charge in [0.15, 0.2) is 0 Å². The minimum absolute atomic E-state index is 0.294. The van der Waals surface area contributed by atoms with E-state index in [9.17, 15) is 0 Å². The number of hydrazine groups is 1. The SMILES string of the molecule is NNC(c1cnc2ccccc2n1)c1ccco1. The predicted molar refractivity (Wildman–Crippen MR) is 67.4 cm³/mol. The summed E-state index contributed by atoms with van der Waals surface area (Å²) in [6, 6.07) is 11.1. The van der Waals surface area contributed by atoms with Crippen LogP contribution in [0, 0.1) is 0 Å². The van der Waals surface area contributed by atoms with E-state index < -0.39 is 0 Å². The highest BCUT2D eigenvalue weighted by Gasteiger charge is 2.17. The van der Waals surface area contributed by atoms with Crippen LogP contribution in [0.4, 0.5) is 0 Å². The van der Waals surface area contributed by atoms with Crippen LogP contribution in [0.5, 0.6) is 0 Å². The van der Waals surface area contributed by atoms with Gasteiger partial charge in [0.2, 0.25) is 0 Å². The summed E-state index contributed by atoms with van der Waals surface area (Å²) in [4.78, 5) is 8.90. The van der Waals surface area contributed by atoms with Crippen molar-refractivity contribution >= 4 is 11.0 Å². The van der Waals surface area contributed by atoms with Crippen molar-refractivity contribution in [2.75, 3.05) is 0 Å². The fourth-order valence-corrected chi connectivity index (χ4v) is 1.88. The van der Waals surface area contributed by atoms with Gasteiger partial charge in [0.25, 0.3) is 0 Å². The molecule has 2 heterocycles. The first-order chi connectivity index (χ1) is 8.88. The summed E-state index contributed by atoms with van der Waals surface area (Å²) in [5.74, 6) is 6.27. The molecule has 1 atom stereocenters. The second-order valence-electron chi connectivity index (χ2n) is 3.90. The number of rotatable bonds is 3. The van der Waals surface area contributed by atoms with Crippen molar-refractivity contribution in [3.8, 4) is 0 Å². The number of furan rings is 1. The Morgan fingerprint density at radius 3 is 2.67 bits per heavy atom. The first kappa shape index (κ1) is 10.9. The van der Waals surface area contributed by atoms with Crippen LogP contribution >= 0.6 is 0 Å². The molecule has 3 rings (SSSR count). The number of nitrogens with zero attached hydrogens (tertiary/aromatic N) is 2. The lowest BCUT2D eigenvalue weighted by molar-refractivity contribution is 0.447. The highest BCUT2D eigenvalue weighted by molar-refractivity contribution is 5.73. The standard InChI is InChI=1S/C13H12N4O/c14-17-13(12-6-3-7-18-12)11-8-15-9-4-1-2-5-10(9)16-11/h1-8,13,17H,14H2. The molecule has 0 bridgehead atoms. The topological polar surface area (TPSA) is 77.0 Å². The van der Waals surface area contributed by atoms with Crippen LogP contribution in [-0.2, 0) is 0 Å². The van der Waals surface area contributed by atoms with Crippen molar-refractivity contribution in [1.29, 1.82) is 0 Å². The number of benzene rings is 1. The molecule has 0 aliphatic carbocycles. The number of para-hydroxylation sites is 2. The highest BCUT2D eigenvalue weighted by Crippen LogP contribution is 2.21. The molecule has 1 unspecified atom stereocenters. The Labute approximate surface area is 104 Å². The van der Waals surface area contributed by atoms with E-state index in [-0.39, 0.29) is 6.04 Å². The van der Waals surface area contributed by atoms with Gasteiger partial charge >= 0.3 is 0 Å². The average molecular weight is 240 g/mol. The van der Waals surface area contributed by atoms with Crippen LogP contribution in [0.15, 0.2) is 53.3 Å². The van der Waals surface area contributed by atoms with E-state index in [1.807, 2.05) is 36.4 Å². The van der Waals surface area contributed by atoms with Gasteiger partial charge in [-0.1, -0.05) is 12.1 Å². The molecule has 0 aliphatic rings. The first-order valence-electron chi connectivity index (χ1n) is 5.59. The minimum atomic E-state index is -0.294. The van der Waals surface area contributed by atoms with Crippen LogP contribution in [0.1, 0.15) is 17.5 Å². The Hall–Kier alpha value is -2.24. The molecule has 5 nitrogen and oxygen atoms in total. The monoisotopic (exact) mass is 240 g/mol.